The van der Waals surface area contributed by atoms with Crippen molar-refractivity contribution in [3.05, 3.63) is 71.8 Å². The number of carbonyl (C=O) groups excluding carboxylic acids is 3. The fourth-order valence-electron chi connectivity index (χ4n) is 5.07. The van der Waals surface area contributed by atoms with Crippen molar-refractivity contribution in [2.45, 2.75) is 85.7 Å². The fraction of sp³-hybridized carbons (Fsp3) is 0.436. The molecule has 0 saturated carbocycles. The number of thioether (sulfide) groups is 1. The molecule has 0 N–H and O–H groups in total. The lowest BCUT2D eigenvalue weighted by Crippen LogP contribution is -2.51. The Hall–Kier alpha value is -3.79. The van der Waals surface area contributed by atoms with Crippen molar-refractivity contribution >= 4 is 59.9 Å². The molecule has 2 fully saturated rings. The number of nitrogens with zero attached hydrogens (tertiary/aromatic N) is 2. The fourth-order valence-corrected chi connectivity index (χ4v) is 7.82. The minimum absolute atomic E-state index is 0.231. The summed E-state index contributed by atoms with van der Waals surface area (Å²) < 4.78 is 47.7. The van der Waals surface area contributed by atoms with Crippen LogP contribution in [0.2, 0.25) is 5.02 Å². The van der Waals surface area contributed by atoms with Gasteiger partial charge in [-0.25, -0.2) is 4.98 Å². The van der Waals surface area contributed by atoms with E-state index in [-0.39, 0.29) is 6.73 Å². The number of benzene rings is 3. The third-order valence-corrected chi connectivity index (χ3v) is 11.5. The van der Waals surface area contributed by atoms with Crippen LogP contribution in [0, 0.1) is 16.2 Å². The van der Waals surface area contributed by atoms with E-state index in [2.05, 4.69) is 0 Å². The minimum Gasteiger partial charge on any atom is -0.443 e. The van der Waals surface area contributed by atoms with Crippen molar-refractivity contribution in [3.63, 3.8) is 0 Å². The molecule has 300 valence electrons. The molecule has 0 amide bonds. The number of ether oxygens (including phenoxy) is 4. The van der Waals surface area contributed by atoms with Crippen molar-refractivity contribution in [1.29, 1.82) is 0 Å². The summed E-state index contributed by atoms with van der Waals surface area (Å²) in [5.41, 5.74) is -0.0843. The number of hydrogen-bond donors (Lipinski definition) is 0. The van der Waals surface area contributed by atoms with Gasteiger partial charge in [-0.3, -0.25) is 37.3 Å². The van der Waals surface area contributed by atoms with Gasteiger partial charge in [0.2, 0.25) is 6.79 Å². The number of rotatable bonds is 14. The van der Waals surface area contributed by atoms with E-state index in [1.54, 1.807) is 72.9 Å². The lowest BCUT2D eigenvalue weighted by Gasteiger charge is -2.31. The van der Waals surface area contributed by atoms with E-state index in [1.165, 1.54) is 0 Å². The van der Waals surface area contributed by atoms with Crippen molar-refractivity contribution in [3.8, 4) is 22.3 Å². The maximum absolute atomic E-state index is 13.2. The van der Waals surface area contributed by atoms with E-state index in [4.69, 9.17) is 54.4 Å². The Morgan fingerprint density at radius 3 is 1.93 bits per heavy atom. The molecule has 56 heavy (non-hydrogen) atoms. The summed E-state index contributed by atoms with van der Waals surface area (Å²) in [4.78, 5) is 53.9. The zero-order chi connectivity index (χ0) is 40.9. The maximum Gasteiger partial charge on any atom is 0.428 e. The molecular weight excluding hydrogens is 787 g/mol. The van der Waals surface area contributed by atoms with Gasteiger partial charge in [0.1, 0.15) is 5.94 Å². The molecule has 3 aromatic carbocycles. The summed E-state index contributed by atoms with van der Waals surface area (Å²) in [6.07, 6.45) is 0. The molecule has 2 aliphatic rings. The Balaban J connectivity index is 1.30. The second-order valence-corrected chi connectivity index (χ2v) is 19.5. The molecule has 0 aliphatic carbocycles. The van der Waals surface area contributed by atoms with Crippen molar-refractivity contribution in [2.75, 3.05) is 12.7 Å². The highest BCUT2D eigenvalue weighted by atomic mass is 35.5. The topological polar surface area (TPSA) is 167 Å². The van der Waals surface area contributed by atoms with Crippen LogP contribution >= 0.6 is 31.0 Å². The first-order valence-electron chi connectivity index (χ1n) is 17.6. The molecular formula is C39H44ClN2O12PS. The van der Waals surface area contributed by atoms with E-state index in [9.17, 15) is 18.9 Å². The van der Waals surface area contributed by atoms with Crippen LogP contribution in [0.1, 0.15) is 62.3 Å². The summed E-state index contributed by atoms with van der Waals surface area (Å²) in [7, 11) is -3.74. The van der Waals surface area contributed by atoms with Gasteiger partial charge in [-0.2, -0.15) is 4.89 Å². The first kappa shape index (κ1) is 41.8. The van der Waals surface area contributed by atoms with Crippen LogP contribution in [0.4, 0.5) is 0 Å². The third kappa shape index (κ3) is 8.56. The highest BCUT2D eigenvalue weighted by Crippen LogP contribution is 3.00. The molecule has 4 aromatic rings. The summed E-state index contributed by atoms with van der Waals surface area (Å²) in [5, 5.41) is 0.734. The molecule has 14 nitrogen and oxygen atoms in total. The van der Waals surface area contributed by atoms with Crippen LogP contribution in [-0.2, 0) is 63.4 Å². The largest absolute Gasteiger partial charge is 0.443 e. The van der Waals surface area contributed by atoms with Gasteiger partial charge in [0.05, 0.1) is 32.3 Å². The predicted octanol–water partition coefficient (Wildman–Crippen LogP) is 9.28. The highest BCUT2D eigenvalue weighted by molar-refractivity contribution is 7.99. The lowest BCUT2D eigenvalue weighted by molar-refractivity contribution is -0.527. The zero-order valence-electron chi connectivity index (χ0n) is 32.5. The Labute approximate surface area is 333 Å². The average molecular weight is 831 g/mol. The monoisotopic (exact) mass is 830 g/mol. The molecule has 2 aliphatic heterocycles. The van der Waals surface area contributed by atoms with Gasteiger partial charge < -0.3 is 14.2 Å². The highest BCUT2D eigenvalue weighted by Gasteiger charge is 3.03. The molecule has 0 spiro atoms. The molecule has 0 bridgehead atoms. The molecule has 1 unspecified atom stereocenters. The minimum atomic E-state index is -3.74. The van der Waals surface area contributed by atoms with Crippen molar-refractivity contribution < 1.29 is 56.7 Å². The van der Waals surface area contributed by atoms with Crippen molar-refractivity contribution in [2.24, 2.45) is 16.2 Å². The van der Waals surface area contributed by atoms with Gasteiger partial charge in [0.25, 0.3) is 0 Å². The smallest absolute Gasteiger partial charge is 0.428 e. The van der Waals surface area contributed by atoms with Crippen molar-refractivity contribution in [1.82, 2.24) is 9.55 Å². The van der Waals surface area contributed by atoms with E-state index in [0.29, 0.717) is 21.2 Å². The Kier molecular flexibility index (Phi) is 11.3. The molecule has 1 atom stereocenters. The van der Waals surface area contributed by atoms with E-state index in [1.807, 2.05) is 60.7 Å². The number of carbonyl (C=O) groups is 3. The lowest BCUT2D eigenvalue weighted by atomic mass is 9.97. The maximum atomic E-state index is 13.2. The van der Waals surface area contributed by atoms with Crippen LogP contribution in [0.25, 0.3) is 33.3 Å². The van der Waals surface area contributed by atoms with Gasteiger partial charge >= 0.3 is 37.0 Å². The normalized spacial score (nSPS) is 20.2. The molecule has 1 aromatic heterocycles. The number of aromatic nitrogens is 2. The summed E-state index contributed by atoms with van der Waals surface area (Å²) in [5.74, 6) is -4.96. The van der Waals surface area contributed by atoms with E-state index < -0.39 is 66.0 Å². The summed E-state index contributed by atoms with van der Waals surface area (Å²) >= 11 is 7.89. The van der Waals surface area contributed by atoms with Gasteiger partial charge in [0.15, 0.2) is 11.9 Å². The molecule has 6 rings (SSSR count). The average Bonchev–Trinajstić information content (AvgIpc) is 3.88. The van der Waals surface area contributed by atoms with Gasteiger partial charge in [-0.1, -0.05) is 78.0 Å². The van der Waals surface area contributed by atoms with Crippen LogP contribution < -0.4 is 0 Å². The number of halogens is 1. The first-order chi connectivity index (χ1) is 26.1. The quantitative estimate of drug-likeness (QED) is 0.0136. The first-order valence-corrected chi connectivity index (χ1v) is 20.5. The Morgan fingerprint density at radius 2 is 1.36 bits per heavy atom. The number of fused-ring (bicyclic) bond motifs is 2. The standard InChI is InChI=1S/C39H44ClN2O12PS/c1-35(2,3)31(43)47-21-42-30-20-28(40)27(26-17-15-25(16-18-26)24-13-11-10-12-14-24)19-29(30)41-34(42)56-23-49-38(39-53-55(39,46)54-39,51-33(45)37(7,8)9)52-50-22-48-32(44)36(4,5)6/h10-20H,21-23H2,1-9H3. The van der Waals surface area contributed by atoms with Crippen LogP contribution in [0.15, 0.2) is 71.9 Å². The Bertz CT molecular complexity index is 2180. The number of imidazole rings is 1. The van der Waals surface area contributed by atoms with Crippen LogP contribution in [0.3, 0.4) is 0 Å². The predicted molar refractivity (Wildman–Crippen MR) is 206 cm³/mol. The van der Waals surface area contributed by atoms with Gasteiger partial charge in [0, 0.05) is 5.56 Å². The molecule has 0 radical (unpaired) electrons. The third-order valence-electron chi connectivity index (χ3n) is 8.51. The molecule has 17 heteroatoms. The number of hydrogen-bond acceptors (Lipinski definition) is 14. The SMILES string of the molecule is CC(C)(C)C(=O)OCOOC(OCSc1nc2cc(-c3ccc(-c4ccccc4)cc3)c(Cl)cc2n1COC(=O)C(C)(C)C)(OC(=O)C(C)(C)C)C12OP1(=O)O2. The van der Waals surface area contributed by atoms with Crippen LogP contribution in [-0.4, -0.2) is 51.7 Å². The molecule has 2 saturated heterocycles. The summed E-state index contributed by atoms with van der Waals surface area (Å²) in [6.45, 7) is 13.9. The molecule has 3 heterocycles. The van der Waals surface area contributed by atoms with E-state index in [0.717, 1.165) is 34.0 Å². The van der Waals surface area contributed by atoms with E-state index >= 15 is 0 Å². The second kappa shape index (κ2) is 15.2. The van der Waals surface area contributed by atoms with Crippen LogP contribution in [0.5, 0.6) is 0 Å². The summed E-state index contributed by atoms with van der Waals surface area (Å²) in [6, 6.07) is 21.5. The van der Waals surface area contributed by atoms with Gasteiger partial charge in [-0.05, 0) is 91.1 Å². The van der Waals surface area contributed by atoms with Gasteiger partial charge in [-0.15, -0.1) is 4.89 Å². The Morgan fingerprint density at radius 1 is 0.804 bits per heavy atom. The number of esters is 3. The zero-order valence-corrected chi connectivity index (χ0v) is 35.0. The second-order valence-electron chi connectivity index (χ2n) is 16.3.